The molecule has 7 heteroatoms. The number of pyridine rings is 2. The van der Waals surface area contributed by atoms with E-state index in [1.54, 1.807) is 54.6 Å². The highest BCUT2D eigenvalue weighted by Crippen LogP contribution is 2.24. The molecule has 0 saturated heterocycles. The van der Waals surface area contributed by atoms with Crippen LogP contribution in [0.4, 0.5) is 5.69 Å². The molecule has 0 radical (unpaired) electrons. The summed E-state index contributed by atoms with van der Waals surface area (Å²) in [6.07, 6.45) is 6.85. The molecular weight excluding hydrogens is 364 g/mol. The van der Waals surface area contributed by atoms with Crippen LogP contribution < -0.4 is 5.32 Å². The van der Waals surface area contributed by atoms with Crippen molar-refractivity contribution in [3.63, 3.8) is 0 Å². The van der Waals surface area contributed by atoms with Crippen molar-refractivity contribution < 1.29 is 4.79 Å². The van der Waals surface area contributed by atoms with Crippen molar-refractivity contribution in [3.8, 4) is 11.4 Å². The maximum Gasteiger partial charge on any atom is 0.274 e. The SMILES string of the molecule is C=C(/C=C\N=C(C)C)c1cccc(C(=O)Nc2cn(C)nc2-c2ccccn2)n1. The van der Waals surface area contributed by atoms with E-state index in [1.807, 2.05) is 32.0 Å². The zero-order valence-electron chi connectivity index (χ0n) is 16.6. The van der Waals surface area contributed by atoms with Gasteiger partial charge in [0.05, 0.1) is 17.1 Å². The molecule has 0 aliphatic heterocycles. The molecular formula is C22H22N6O. The van der Waals surface area contributed by atoms with Crippen molar-refractivity contribution in [2.24, 2.45) is 12.0 Å². The van der Waals surface area contributed by atoms with Crippen LogP contribution in [-0.2, 0) is 7.05 Å². The van der Waals surface area contributed by atoms with Gasteiger partial charge in [-0.25, -0.2) is 4.98 Å². The van der Waals surface area contributed by atoms with Crippen LogP contribution in [0.2, 0.25) is 0 Å². The fourth-order valence-corrected chi connectivity index (χ4v) is 2.56. The monoisotopic (exact) mass is 386 g/mol. The molecule has 146 valence electrons. The van der Waals surface area contributed by atoms with Crippen LogP contribution in [-0.4, -0.2) is 31.4 Å². The summed E-state index contributed by atoms with van der Waals surface area (Å²) in [7, 11) is 1.79. The van der Waals surface area contributed by atoms with Crippen molar-refractivity contribution in [1.82, 2.24) is 19.7 Å². The topological polar surface area (TPSA) is 85.1 Å². The van der Waals surface area contributed by atoms with Gasteiger partial charge in [-0.15, -0.1) is 0 Å². The summed E-state index contributed by atoms with van der Waals surface area (Å²) in [5.41, 5.74) is 4.33. The van der Waals surface area contributed by atoms with Gasteiger partial charge >= 0.3 is 0 Å². The first-order chi connectivity index (χ1) is 13.9. The van der Waals surface area contributed by atoms with Crippen molar-refractivity contribution in [1.29, 1.82) is 0 Å². The first kappa shape index (κ1) is 19.9. The Balaban J connectivity index is 1.82. The van der Waals surface area contributed by atoms with Gasteiger partial charge in [-0.2, -0.15) is 5.10 Å². The summed E-state index contributed by atoms with van der Waals surface area (Å²) in [6.45, 7) is 7.81. The number of hydrogen-bond acceptors (Lipinski definition) is 5. The molecule has 3 aromatic rings. The number of hydrogen-bond donors (Lipinski definition) is 1. The minimum absolute atomic E-state index is 0.281. The molecule has 7 nitrogen and oxygen atoms in total. The van der Waals surface area contributed by atoms with E-state index in [1.165, 1.54) is 0 Å². The fraction of sp³-hybridized carbons (Fsp3) is 0.136. The Hall–Kier alpha value is -3.87. The Bertz CT molecular complexity index is 1090. The Morgan fingerprint density at radius 2 is 1.97 bits per heavy atom. The van der Waals surface area contributed by atoms with Crippen molar-refractivity contribution in [2.45, 2.75) is 13.8 Å². The average molecular weight is 386 g/mol. The van der Waals surface area contributed by atoms with E-state index in [4.69, 9.17) is 0 Å². The predicted molar refractivity (Wildman–Crippen MR) is 116 cm³/mol. The van der Waals surface area contributed by atoms with Crippen LogP contribution in [0.15, 0.2) is 72.6 Å². The highest BCUT2D eigenvalue weighted by molar-refractivity contribution is 6.04. The van der Waals surface area contributed by atoms with E-state index in [0.29, 0.717) is 28.3 Å². The summed E-state index contributed by atoms with van der Waals surface area (Å²) >= 11 is 0. The maximum absolute atomic E-state index is 12.8. The Morgan fingerprint density at radius 3 is 2.69 bits per heavy atom. The van der Waals surface area contributed by atoms with E-state index in [-0.39, 0.29) is 11.6 Å². The molecule has 1 N–H and O–H groups in total. The molecule has 0 fully saturated rings. The number of nitrogens with one attached hydrogen (secondary N) is 1. The molecule has 0 spiro atoms. The summed E-state index contributed by atoms with van der Waals surface area (Å²) in [4.78, 5) is 25.7. The Morgan fingerprint density at radius 1 is 1.17 bits per heavy atom. The van der Waals surface area contributed by atoms with Gasteiger partial charge in [-0.3, -0.25) is 19.5 Å². The summed E-state index contributed by atoms with van der Waals surface area (Å²) < 4.78 is 1.63. The lowest BCUT2D eigenvalue weighted by Gasteiger charge is -2.06. The summed E-state index contributed by atoms with van der Waals surface area (Å²) in [5, 5.41) is 7.28. The quantitative estimate of drug-likeness (QED) is 0.510. The second kappa shape index (κ2) is 8.88. The minimum atomic E-state index is -0.337. The fourth-order valence-electron chi connectivity index (χ4n) is 2.56. The van der Waals surface area contributed by atoms with Gasteiger partial charge in [-0.1, -0.05) is 18.7 Å². The average Bonchev–Trinajstić information content (AvgIpc) is 3.08. The van der Waals surface area contributed by atoms with Crippen LogP contribution >= 0.6 is 0 Å². The molecule has 3 rings (SSSR count). The van der Waals surface area contributed by atoms with Crippen molar-refractivity contribution >= 4 is 22.9 Å². The number of carbonyl (C=O) groups excluding carboxylic acids is 1. The van der Waals surface area contributed by atoms with Gasteiger partial charge in [0.2, 0.25) is 0 Å². The molecule has 29 heavy (non-hydrogen) atoms. The van der Waals surface area contributed by atoms with Gasteiger partial charge in [0, 0.05) is 31.4 Å². The third kappa shape index (κ3) is 5.10. The number of rotatable bonds is 6. The third-order valence-corrected chi connectivity index (χ3v) is 3.90. The van der Waals surface area contributed by atoms with Gasteiger partial charge in [0.1, 0.15) is 11.4 Å². The number of aryl methyl sites for hydroxylation is 1. The lowest BCUT2D eigenvalue weighted by Crippen LogP contribution is -2.14. The van der Waals surface area contributed by atoms with Gasteiger partial charge in [-0.05, 0) is 49.8 Å². The largest absolute Gasteiger partial charge is 0.317 e. The predicted octanol–water partition coefficient (Wildman–Crippen LogP) is 4.14. The molecule has 1 amide bonds. The second-order valence-electron chi connectivity index (χ2n) is 6.56. The number of aromatic nitrogens is 4. The van der Waals surface area contributed by atoms with Crippen LogP contribution in [0.3, 0.4) is 0 Å². The van der Waals surface area contributed by atoms with E-state index in [0.717, 1.165) is 5.71 Å². The van der Waals surface area contributed by atoms with E-state index >= 15 is 0 Å². The van der Waals surface area contributed by atoms with Crippen LogP contribution in [0.1, 0.15) is 30.0 Å². The lowest BCUT2D eigenvalue weighted by atomic mass is 10.1. The summed E-state index contributed by atoms with van der Waals surface area (Å²) in [6, 6.07) is 10.8. The number of allylic oxidation sites excluding steroid dienone is 2. The molecule has 0 aliphatic rings. The molecule has 0 atom stereocenters. The zero-order chi connectivity index (χ0) is 20.8. The molecule has 3 heterocycles. The minimum Gasteiger partial charge on any atom is -0.317 e. The molecule has 0 saturated carbocycles. The van der Waals surface area contributed by atoms with Gasteiger partial charge in [0.15, 0.2) is 0 Å². The number of nitrogens with zero attached hydrogens (tertiary/aromatic N) is 5. The van der Waals surface area contributed by atoms with Crippen LogP contribution in [0.25, 0.3) is 17.0 Å². The highest BCUT2D eigenvalue weighted by Gasteiger charge is 2.16. The number of amides is 1. The number of aliphatic imine (C=N–C) groups is 1. The molecule has 0 aliphatic carbocycles. The molecule has 3 aromatic heterocycles. The standard InChI is InChI=1S/C22H22N6O/c1-15(2)23-13-11-16(3)17-9-7-10-19(25-17)22(29)26-20-14-28(4)27-21(20)18-8-5-6-12-24-18/h5-14H,3H2,1-2,4H3,(H,26,29)/b13-11-. The summed E-state index contributed by atoms with van der Waals surface area (Å²) in [5.74, 6) is -0.337. The Labute approximate surface area is 169 Å². The van der Waals surface area contributed by atoms with Crippen LogP contribution in [0.5, 0.6) is 0 Å². The van der Waals surface area contributed by atoms with Gasteiger partial charge in [0.25, 0.3) is 5.91 Å². The second-order valence-corrected chi connectivity index (χ2v) is 6.56. The van der Waals surface area contributed by atoms with Crippen LogP contribution in [0, 0.1) is 0 Å². The first-order valence-corrected chi connectivity index (χ1v) is 9.04. The van der Waals surface area contributed by atoms with E-state index < -0.39 is 0 Å². The number of anilines is 1. The van der Waals surface area contributed by atoms with E-state index in [2.05, 4.69) is 32.0 Å². The van der Waals surface area contributed by atoms with E-state index in [9.17, 15) is 4.79 Å². The molecule has 0 bridgehead atoms. The highest BCUT2D eigenvalue weighted by atomic mass is 16.1. The molecule has 0 aromatic carbocycles. The number of carbonyl (C=O) groups is 1. The Kier molecular flexibility index (Phi) is 6.09. The normalized spacial score (nSPS) is 10.7. The zero-order valence-corrected chi connectivity index (χ0v) is 16.6. The van der Waals surface area contributed by atoms with Crippen molar-refractivity contribution in [2.75, 3.05) is 5.32 Å². The first-order valence-electron chi connectivity index (χ1n) is 9.04. The lowest BCUT2D eigenvalue weighted by molar-refractivity contribution is 0.102. The van der Waals surface area contributed by atoms with Crippen molar-refractivity contribution in [3.05, 3.63) is 79.0 Å². The van der Waals surface area contributed by atoms with Gasteiger partial charge < -0.3 is 5.32 Å². The maximum atomic E-state index is 12.8. The third-order valence-electron chi connectivity index (χ3n) is 3.90. The smallest absolute Gasteiger partial charge is 0.274 e. The molecule has 0 unspecified atom stereocenters.